The van der Waals surface area contributed by atoms with Gasteiger partial charge >= 0.3 is 0 Å². The highest BCUT2D eigenvalue weighted by Gasteiger charge is 2.33. The van der Waals surface area contributed by atoms with Gasteiger partial charge in [-0.15, -0.1) is 5.10 Å². The third-order valence-electron chi connectivity index (χ3n) is 4.86. The summed E-state index contributed by atoms with van der Waals surface area (Å²) in [6.45, 7) is 0.953. The third kappa shape index (κ3) is 4.19. The molecule has 0 fully saturated rings. The van der Waals surface area contributed by atoms with Crippen molar-refractivity contribution < 1.29 is 19.1 Å². The lowest BCUT2D eigenvalue weighted by atomic mass is 10.1. The molecule has 9 nitrogen and oxygen atoms in total. The quantitative estimate of drug-likeness (QED) is 0.591. The predicted molar refractivity (Wildman–Crippen MR) is 114 cm³/mol. The van der Waals surface area contributed by atoms with Crippen LogP contribution in [0.4, 0.5) is 11.6 Å². The maximum absolute atomic E-state index is 13.0. The van der Waals surface area contributed by atoms with Crippen LogP contribution in [-0.2, 0) is 15.3 Å². The van der Waals surface area contributed by atoms with Crippen LogP contribution in [0.1, 0.15) is 18.0 Å². The van der Waals surface area contributed by atoms with Crippen LogP contribution in [0.15, 0.2) is 53.7 Å². The number of carbonyl (C=O) groups excluding carboxylic acids is 2. The normalized spacial score (nSPS) is 16.9. The fourth-order valence-corrected chi connectivity index (χ4v) is 4.16. The number of amides is 2. The Balaban J connectivity index is 1.32. The zero-order chi connectivity index (χ0) is 21.2. The minimum absolute atomic E-state index is 0.0183. The van der Waals surface area contributed by atoms with Gasteiger partial charge in [0.2, 0.25) is 22.9 Å². The highest BCUT2D eigenvalue weighted by molar-refractivity contribution is 7.98. The van der Waals surface area contributed by atoms with Crippen molar-refractivity contribution in [3.05, 3.63) is 54.1 Å². The standard InChI is InChI=1S/C21H19N5O4S/c27-18-11-15(19(28)22-14-6-7-16-17(10-14)30-9-8-29-16)26-20(23-18)24-21(25-26)31-12-13-4-2-1-3-5-13/h1-7,10,15H,8-9,11-12H2,(H,22,28)(H,23,24,25,27). The zero-order valence-corrected chi connectivity index (χ0v) is 17.2. The van der Waals surface area contributed by atoms with Crippen LogP contribution < -0.4 is 20.1 Å². The van der Waals surface area contributed by atoms with Gasteiger partial charge in [-0.2, -0.15) is 4.98 Å². The van der Waals surface area contributed by atoms with Gasteiger partial charge in [0.05, 0.1) is 6.42 Å². The summed E-state index contributed by atoms with van der Waals surface area (Å²) in [7, 11) is 0. The van der Waals surface area contributed by atoms with Gasteiger partial charge in [-0.1, -0.05) is 42.1 Å². The molecule has 0 aliphatic carbocycles. The summed E-state index contributed by atoms with van der Waals surface area (Å²) < 4.78 is 12.5. The first-order valence-corrected chi connectivity index (χ1v) is 10.8. The number of thioether (sulfide) groups is 1. The Labute approximate surface area is 182 Å². The Bertz CT molecular complexity index is 1130. The Hall–Kier alpha value is -3.53. The maximum Gasteiger partial charge on any atom is 0.249 e. The van der Waals surface area contributed by atoms with Gasteiger partial charge in [-0.05, 0) is 17.7 Å². The zero-order valence-electron chi connectivity index (χ0n) is 16.4. The molecule has 2 amide bonds. The first kappa shape index (κ1) is 19.4. The first-order valence-electron chi connectivity index (χ1n) is 9.79. The van der Waals surface area contributed by atoms with Crippen molar-refractivity contribution in [2.24, 2.45) is 0 Å². The van der Waals surface area contributed by atoms with E-state index in [0.29, 0.717) is 41.3 Å². The van der Waals surface area contributed by atoms with Gasteiger partial charge in [-0.25, -0.2) is 4.68 Å². The second-order valence-electron chi connectivity index (χ2n) is 7.05. The molecule has 3 aromatic rings. The number of nitrogens with zero attached hydrogens (tertiary/aromatic N) is 3. The average molecular weight is 437 g/mol. The lowest BCUT2D eigenvalue weighted by molar-refractivity contribution is -0.125. The number of hydrogen-bond acceptors (Lipinski definition) is 7. The average Bonchev–Trinajstić information content (AvgIpc) is 3.20. The third-order valence-corrected chi connectivity index (χ3v) is 5.77. The number of nitrogens with one attached hydrogen (secondary N) is 2. The van der Waals surface area contributed by atoms with Crippen LogP contribution in [0.2, 0.25) is 0 Å². The van der Waals surface area contributed by atoms with E-state index < -0.39 is 6.04 Å². The van der Waals surface area contributed by atoms with Crippen molar-refractivity contribution in [1.82, 2.24) is 14.8 Å². The molecule has 1 atom stereocenters. The van der Waals surface area contributed by atoms with Crippen LogP contribution >= 0.6 is 11.8 Å². The number of ether oxygens (including phenoxy) is 2. The summed E-state index contributed by atoms with van der Waals surface area (Å²) >= 11 is 1.44. The fourth-order valence-electron chi connectivity index (χ4n) is 3.38. The van der Waals surface area contributed by atoms with E-state index in [9.17, 15) is 9.59 Å². The molecule has 31 heavy (non-hydrogen) atoms. The van der Waals surface area contributed by atoms with E-state index in [-0.39, 0.29) is 24.2 Å². The van der Waals surface area contributed by atoms with Crippen molar-refractivity contribution in [3.63, 3.8) is 0 Å². The van der Waals surface area contributed by atoms with Crippen molar-refractivity contribution in [1.29, 1.82) is 0 Å². The van der Waals surface area contributed by atoms with E-state index >= 15 is 0 Å². The molecular weight excluding hydrogens is 418 g/mol. The first-order chi connectivity index (χ1) is 15.2. The molecule has 0 bridgehead atoms. The number of anilines is 2. The summed E-state index contributed by atoms with van der Waals surface area (Å²) in [6, 6.07) is 14.3. The van der Waals surface area contributed by atoms with E-state index in [1.54, 1.807) is 18.2 Å². The molecule has 3 heterocycles. The van der Waals surface area contributed by atoms with Crippen LogP contribution in [-0.4, -0.2) is 39.8 Å². The van der Waals surface area contributed by atoms with Crippen molar-refractivity contribution in [3.8, 4) is 11.5 Å². The van der Waals surface area contributed by atoms with Crippen LogP contribution in [0.5, 0.6) is 11.5 Å². The number of fused-ring (bicyclic) bond motifs is 2. The molecule has 2 aromatic carbocycles. The Morgan fingerprint density at radius 3 is 2.81 bits per heavy atom. The SMILES string of the molecule is O=C1CC(C(=O)Nc2ccc3c(c2)OCCO3)n2nc(SCc3ccccc3)nc2N1. The minimum atomic E-state index is -0.796. The predicted octanol–water partition coefficient (Wildman–Crippen LogP) is 2.86. The number of aromatic nitrogens is 3. The summed E-state index contributed by atoms with van der Waals surface area (Å²) in [6.07, 6.45) is -0.0183. The summed E-state index contributed by atoms with van der Waals surface area (Å²) in [5.41, 5.74) is 1.69. The lowest BCUT2D eigenvalue weighted by Crippen LogP contribution is -2.36. The van der Waals surface area contributed by atoms with Crippen molar-refractivity contribution in [2.45, 2.75) is 23.4 Å². The summed E-state index contributed by atoms with van der Waals surface area (Å²) in [4.78, 5) is 29.5. The minimum Gasteiger partial charge on any atom is -0.486 e. The van der Waals surface area contributed by atoms with Crippen molar-refractivity contribution >= 4 is 35.2 Å². The lowest BCUT2D eigenvalue weighted by Gasteiger charge is -2.23. The number of carbonyl (C=O) groups is 2. The molecule has 0 saturated carbocycles. The van der Waals surface area contributed by atoms with E-state index in [1.165, 1.54) is 16.4 Å². The molecule has 1 aromatic heterocycles. The van der Waals surface area contributed by atoms with Gasteiger partial charge in [-0.3, -0.25) is 14.9 Å². The van der Waals surface area contributed by atoms with Gasteiger partial charge in [0.15, 0.2) is 11.5 Å². The van der Waals surface area contributed by atoms with Crippen LogP contribution in [0.3, 0.4) is 0 Å². The highest BCUT2D eigenvalue weighted by atomic mass is 32.2. The van der Waals surface area contributed by atoms with E-state index in [0.717, 1.165) is 5.56 Å². The fraction of sp³-hybridized carbons (Fsp3) is 0.238. The topological polar surface area (TPSA) is 107 Å². The molecule has 1 unspecified atom stereocenters. The van der Waals surface area contributed by atoms with Gasteiger partial charge in [0.25, 0.3) is 0 Å². The molecule has 0 radical (unpaired) electrons. The monoisotopic (exact) mass is 437 g/mol. The van der Waals surface area contributed by atoms with Gasteiger partial charge in [0.1, 0.15) is 19.3 Å². The molecule has 10 heteroatoms. The Morgan fingerprint density at radius 1 is 1.16 bits per heavy atom. The van der Waals surface area contributed by atoms with Gasteiger partial charge in [0, 0.05) is 17.5 Å². The second-order valence-corrected chi connectivity index (χ2v) is 8.00. The Kier molecular flexibility index (Phi) is 5.21. The number of rotatable bonds is 5. The number of hydrogen-bond donors (Lipinski definition) is 2. The maximum atomic E-state index is 13.0. The van der Waals surface area contributed by atoms with Crippen LogP contribution in [0.25, 0.3) is 0 Å². The van der Waals surface area contributed by atoms with Crippen LogP contribution in [0, 0.1) is 0 Å². The Morgan fingerprint density at radius 2 is 1.97 bits per heavy atom. The molecular formula is C21H19N5O4S. The second kappa shape index (κ2) is 8.31. The van der Waals surface area contributed by atoms with E-state index in [4.69, 9.17) is 9.47 Å². The molecule has 2 aliphatic rings. The smallest absolute Gasteiger partial charge is 0.249 e. The molecule has 5 rings (SSSR count). The number of benzene rings is 2. The highest BCUT2D eigenvalue weighted by Crippen LogP contribution is 2.33. The molecule has 2 N–H and O–H groups in total. The summed E-state index contributed by atoms with van der Waals surface area (Å²) in [5, 5.41) is 10.5. The molecule has 0 spiro atoms. The largest absolute Gasteiger partial charge is 0.486 e. The molecule has 0 saturated heterocycles. The van der Waals surface area contributed by atoms with E-state index in [1.807, 2.05) is 30.3 Å². The molecule has 158 valence electrons. The van der Waals surface area contributed by atoms with E-state index in [2.05, 4.69) is 20.7 Å². The van der Waals surface area contributed by atoms with Crippen molar-refractivity contribution in [2.75, 3.05) is 23.8 Å². The summed E-state index contributed by atoms with van der Waals surface area (Å²) in [5.74, 6) is 1.55. The molecule has 2 aliphatic heterocycles. The van der Waals surface area contributed by atoms with Gasteiger partial charge < -0.3 is 14.8 Å².